The van der Waals surface area contributed by atoms with Gasteiger partial charge in [0.1, 0.15) is 0 Å². The van der Waals surface area contributed by atoms with Crippen molar-refractivity contribution >= 4 is 11.6 Å². The van der Waals surface area contributed by atoms with Crippen molar-refractivity contribution in [3.8, 4) is 0 Å². The van der Waals surface area contributed by atoms with E-state index in [4.69, 9.17) is 0 Å². The maximum Gasteiger partial charge on any atom is 0.269 e. The normalized spacial score (nSPS) is 20.1. The molecule has 166 valence electrons. The van der Waals surface area contributed by atoms with Crippen LogP contribution in [-0.4, -0.2) is 71.3 Å². The number of hydrogen-bond acceptors (Lipinski definition) is 5. The fourth-order valence-corrected chi connectivity index (χ4v) is 4.65. The molecule has 2 aromatic rings. The van der Waals surface area contributed by atoms with Crippen LogP contribution in [0, 0.1) is 5.92 Å². The van der Waals surface area contributed by atoms with Crippen molar-refractivity contribution in [2.45, 2.75) is 32.7 Å². The number of rotatable bonds is 6. The minimum absolute atomic E-state index is 0.00164. The number of amides is 1. The molecular weight excluding hydrogens is 390 g/mol. The van der Waals surface area contributed by atoms with Crippen molar-refractivity contribution < 1.29 is 4.79 Å². The number of piperazine rings is 1. The Kier molecular flexibility index (Phi) is 7.02. The van der Waals surface area contributed by atoms with Gasteiger partial charge in [-0.3, -0.25) is 14.5 Å². The number of hydrogen-bond donors (Lipinski definition) is 0. The lowest BCUT2D eigenvalue weighted by Gasteiger charge is -2.39. The number of benzene rings is 1. The number of anilines is 1. The highest BCUT2D eigenvalue weighted by atomic mass is 16.2. The molecule has 0 saturated carbocycles. The van der Waals surface area contributed by atoms with Crippen molar-refractivity contribution in [2.24, 2.45) is 5.92 Å². The zero-order valence-corrected chi connectivity index (χ0v) is 18.4. The summed E-state index contributed by atoms with van der Waals surface area (Å²) in [5, 5.41) is 4.40. The van der Waals surface area contributed by atoms with Gasteiger partial charge >= 0.3 is 0 Å². The van der Waals surface area contributed by atoms with Gasteiger partial charge in [0.2, 0.25) is 5.91 Å². The third-order valence-corrected chi connectivity index (χ3v) is 6.39. The Labute approximate surface area is 184 Å². The first-order chi connectivity index (χ1) is 15.1. The van der Waals surface area contributed by atoms with Crippen LogP contribution in [0.25, 0.3) is 0 Å². The second kappa shape index (κ2) is 10.1. The average Bonchev–Trinajstić information content (AvgIpc) is 2.81. The quantitative estimate of drug-likeness (QED) is 0.712. The van der Waals surface area contributed by atoms with Crippen molar-refractivity contribution in [1.29, 1.82) is 0 Å². The third-order valence-electron chi connectivity index (χ3n) is 6.39. The SMILES string of the molecule is CCCN1CCN(C(=O)[C@@H]2CCCN(c3cnn(Cc4ccccc4)c(=O)c3)C2)CC1. The Balaban J connectivity index is 1.37. The summed E-state index contributed by atoms with van der Waals surface area (Å²) in [6.07, 6.45) is 4.80. The fourth-order valence-electron chi connectivity index (χ4n) is 4.65. The predicted octanol–water partition coefficient (Wildman–Crippen LogP) is 2.06. The van der Waals surface area contributed by atoms with Crippen LogP contribution in [0.2, 0.25) is 0 Å². The van der Waals surface area contributed by atoms with Crippen LogP contribution in [0.15, 0.2) is 47.4 Å². The summed E-state index contributed by atoms with van der Waals surface area (Å²) in [7, 11) is 0. The van der Waals surface area contributed by atoms with Crippen molar-refractivity contribution in [3.63, 3.8) is 0 Å². The van der Waals surface area contributed by atoms with Gasteiger partial charge < -0.3 is 9.80 Å². The summed E-state index contributed by atoms with van der Waals surface area (Å²) in [6, 6.07) is 11.5. The van der Waals surface area contributed by atoms with E-state index in [1.807, 2.05) is 35.2 Å². The molecule has 1 atom stereocenters. The molecule has 31 heavy (non-hydrogen) atoms. The maximum absolute atomic E-state index is 13.1. The van der Waals surface area contributed by atoms with E-state index in [0.29, 0.717) is 13.1 Å². The van der Waals surface area contributed by atoms with Gasteiger partial charge in [0.25, 0.3) is 5.56 Å². The van der Waals surface area contributed by atoms with E-state index < -0.39 is 0 Å². The second-order valence-electron chi connectivity index (χ2n) is 8.65. The number of carbonyl (C=O) groups excluding carboxylic acids is 1. The van der Waals surface area contributed by atoms with Crippen molar-refractivity contribution in [3.05, 3.63) is 58.5 Å². The van der Waals surface area contributed by atoms with Crippen LogP contribution in [0.4, 0.5) is 5.69 Å². The number of aromatic nitrogens is 2. The molecule has 2 fully saturated rings. The van der Waals surface area contributed by atoms with Gasteiger partial charge in [0, 0.05) is 45.3 Å². The largest absolute Gasteiger partial charge is 0.369 e. The molecule has 0 N–H and O–H groups in total. The Morgan fingerprint density at radius 1 is 1.10 bits per heavy atom. The highest BCUT2D eigenvalue weighted by Crippen LogP contribution is 2.24. The molecule has 0 bridgehead atoms. The maximum atomic E-state index is 13.1. The van der Waals surface area contributed by atoms with Crippen molar-refractivity contribution in [1.82, 2.24) is 19.6 Å². The first kappa shape index (κ1) is 21.6. The number of nitrogens with zero attached hydrogens (tertiary/aromatic N) is 5. The minimum Gasteiger partial charge on any atom is -0.369 e. The van der Waals surface area contributed by atoms with E-state index in [2.05, 4.69) is 21.8 Å². The van der Waals surface area contributed by atoms with Gasteiger partial charge in [-0.15, -0.1) is 0 Å². The minimum atomic E-state index is -0.109. The molecule has 1 amide bonds. The monoisotopic (exact) mass is 423 g/mol. The summed E-state index contributed by atoms with van der Waals surface area (Å²) in [4.78, 5) is 32.4. The van der Waals surface area contributed by atoms with Gasteiger partial charge in [0.15, 0.2) is 0 Å². The van der Waals surface area contributed by atoms with E-state index >= 15 is 0 Å². The van der Waals surface area contributed by atoms with Crippen molar-refractivity contribution in [2.75, 3.05) is 50.7 Å². The molecule has 1 aromatic carbocycles. The first-order valence-electron chi connectivity index (χ1n) is 11.5. The lowest BCUT2D eigenvalue weighted by molar-refractivity contribution is -0.137. The summed E-state index contributed by atoms with van der Waals surface area (Å²) in [5.41, 5.74) is 1.76. The first-order valence-corrected chi connectivity index (χ1v) is 11.5. The van der Waals surface area contributed by atoms with E-state index in [0.717, 1.165) is 69.8 Å². The molecule has 4 rings (SSSR count). The molecule has 3 heterocycles. The molecule has 1 aromatic heterocycles. The second-order valence-corrected chi connectivity index (χ2v) is 8.65. The van der Waals surface area contributed by atoms with Gasteiger partial charge in [0.05, 0.1) is 24.3 Å². The number of carbonyl (C=O) groups is 1. The Morgan fingerprint density at radius 3 is 2.58 bits per heavy atom. The standard InChI is InChI=1S/C24H33N5O2/c1-2-10-26-12-14-27(15-13-26)24(31)21-9-6-11-28(19-21)22-16-23(30)29(25-17-22)18-20-7-4-3-5-8-20/h3-5,7-8,16-17,21H,2,6,9-15,18-19H2,1H3/t21-/m1/s1. The highest BCUT2D eigenvalue weighted by molar-refractivity contribution is 5.80. The number of piperidine rings is 1. The molecule has 0 spiro atoms. The predicted molar refractivity (Wildman–Crippen MR) is 122 cm³/mol. The van der Waals surface area contributed by atoms with Crippen LogP contribution in [0.3, 0.4) is 0 Å². The summed E-state index contributed by atoms with van der Waals surface area (Å²) < 4.78 is 1.49. The van der Waals surface area contributed by atoms with E-state index in [1.165, 1.54) is 4.68 Å². The molecular formula is C24H33N5O2. The van der Waals surface area contributed by atoms with Gasteiger partial charge in [-0.2, -0.15) is 5.10 Å². The Hall–Kier alpha value is -2.67. The average molecular weight is 424 g/mol. The van der Waals surface area contributed by atoms with Crippen LogP contribution in [0.1, 0.15) is 31.7 Å². The third kappa shape index (κ3) is 5.34. The molecule has 7 heteroatoms. The lowest BCUT2D eigenvalue weighted by Crippen LogP contribution is -2.52. The molecule has 0 aliphatic carbocycles. The van der Waals surface area contributed by atoms with Gasteiger partial charge in [-0.25, -0.2) is 4.68 Å². The van der Waals surface area contributed by atoms with E-state index in [9.17, 15) is 9.59 Å². The van der Waals surface area contributed by atoms with Crippen LogP contribution in [0.5, 0.6) is 0 Å². The van der Waals surface area contributed by atoms with E-state index in [-0.39, 0.29) is 17.4 Å². The molecule has 7 nitrogen and oxygen atoms in total. The summed E-state index contributed by atoms with van der Waals surface area (Å²) >= 11 is 0. The topological polar surface area (TPSA) is 61.7 Å². The lowest BCUT2D eigenvalue weighted by atomic mass is 9.96. The van der Waals surface area contributed by atoms with Crippen LogP contribution in [-0.2, 0) is 11.3 Å². The molecule has 0 radical (unpaired) electrons. The zero-order valence-electron chi connectivity index (χ0n) is 18.4. The fraction of sp³-hybridized carbons (Fsp3) is 0.542. The highest BCUT2D eigenvalue weighted by Gasteiger charge is 2.31. The van der Waals surface area contributed by atoms with Gasteiger partial charge in [-0.05, 0) is 31.4 Å². The summed E-state index contributed by atoms with van der Waals surface area (Å²) in [6.45, 7) is 8.89. The molecule has 2 aliphatic heterocycles. The molecule has 2 aliphatic rings. The van der Waals surface area contributed by atoms with Gasteiger partial charge in [-0.1, -0.05) is 37.3 Å². The van der Waals surface area contributed by atoms with E-state index in [1.54, 1.807) is 12.3 Å². The van der Waals surface area contributed by atoms with Crippen LogP contribution < -0.4 is 10.5 Å². The van der Waals surface area contributed by atoms with Crippen LogP contribution >= 0.6 is 0 Å². The smallest absolute Gasteiger partial charge is 0.269 e. The molecule has 0 unspecified atom stereocenters. The zero-order chi connectivity index (χ0) is 21.6. The Bertz CT molecular complexity index is 921. The summed E-state index contributed by atoms with van der Waals surface area (Å²) in [5.74, 6) is 0.268. The Morgan fingerprint density at radius 2 is 1.87 bits per heavy atom. The molecule has 2 saturated heterocycles.